The van der Waals surface area contributed by atoms with Crippen molar-refractivity contribution in [2.45, 2.75) is 40.2 Å². The average molecular weight is 484 g/mol. The summed E-state index contributed by atoms with van der Waals surface area (Å²) in [6, 6.07) is 7.12. The highest BCUT2D eigenvalue weighted by molar-refractivity contribution is 8.26. The SMILES string of the molecule is CC[C@H](C)N1C(=O)/C(=C\c2ccc(OC(=O)[C@@H]3[C@H](C=C(Cl)Cl)C3(C)C)cc2)SC1=S. The predicted molar refractivity (Wildman–Crippen MR) is 127 cm³/mol. The lowest BCUT2D eigenvalue weighted by Crippen LogP contribution is -2.36. The van der Waals surface area contributed by atoms with E-state index in [0.717, 1.165) is 12.0 Å². The maximum absolute atomic E-state index is 12.6. The number of ether oxygens (including phenoxy) is 1. The molecular formula is C22H23Cl2NO3S2. The van der Waals surface area contributed by atoms with Gasteiger partial charge in [-0.3, -0.25) is 14.5 Å². The van der Waals surface area contributed by atoms with Crippen molar-refractivity contribution in [2.75, 3.05) is 0 Å². The molecule has 1 saturated carbocycles. The molecule has 3 rings (SSSR count). The van der Waals surface area contributed by atoms with Crippen LogP contribution in [0.5, 0.6) is 5.75 Å². The van der Waals surface area contributed by atoms with Gasteiger partial charge in [-0.05, 0) is 54.5 Å². The number of halogens is 2. The van der Waals surface area contributed by atoms with Crippen molar-refractivity contribution < 1.29 is 14.3 Å². The fraction of sp³-hybridized carbons (Fsp3) is 0.409. The number of esters is 1. The molecule has 0 bridgehead atoms. The standard InChI is InChI=1S/C22H23Cl2NO3S2/c1-5-12(2)25-19(26)16(30-21(25)29)10-13-6-8-14(9-7-13)28-20(27)18-15(11-17(23)24)22(18,3)4/h6-12,15,18H,5H2,1-4H3/b16-10+/t12-,15-,18-/m0/s1. The van der Waals surface area contributed by atoms with Crippen LogP contribution in [-0.2, 0) is 9.59 Å². The van der Waals surface area contributed by atoms with E-state index in [1.807, 2.05) is 39.8 Å². The van der Waals surface area contributed by atoms with Gasteiger partial charge in [0.1, 0.15) is 14.6 Å². The lowest BCUT2D eigenvalue weighted by molar-refractivity contribution is -0.136. The van der Waals surface area contributed by atoms with Crippen molar-refractivity contribution in [3.05, 3.63) is 45.3 Å². The average Bonchev–Trinajstić information content (AvgIpc) is 3.08. The van der Waals surface area contributed by atoms with E-state index in [-0.39, 0.29) is 39.7 Å². The summed E-state index contributed by atoms with van der Waals surface area (Å²) in [5.74, 6) is -0.249. The molecule has 4 nitrogen and oxygen atoms in total. The first kappa shape index (κ1) is 23.3. The van der Waals surface area contributed by atoms with Gasteiger partial charge in [-0.15, -0.1) is 0 Å². The van der Waals surface area contributed by atoms with E-state index in [4.69, 9.17) is 40.2 Å². The number of thioether (sulfide) groups is 1. The molecule has 1 amide bonds. The molecule has 160 valence electrons. The first-order chi connectivity index (χ1) is 14.1. The molecule has 0 unspecified atom stereocenters. The van der Waals surface area contributed by atoms with Gasteiger partial charge in [0.15, 0.2) is 0 Å². The number of hydrogen-bond acceptors (Lipinski definition) is 5. The smallest absolute Gasteiger partial charge is 0.315 e. The van der Waals surface area contributed by atoms with E-state index in [9.17, 15) is 9.59 Å². The molecule has 3 atom stereocenters. The molecule has 1 aliphatic heterocycles. The summed E-state index contributed by atoms with van der Waals surface area (Å²) in [6.45, 7) is 7.98. The Morgan fingerprint density at radius 3 is 2.53 bits per heavy atom. The quantitative estimate of drug-likeness (QED) is 0.209. The van der Waals surface area contributed by atoms with Crippen LogP contribution < -0.4 is 4.74 Å². The zero-order chi connectivity index (χ0) is 22.2. The summed E-state index contributed by atoms with van der Waals surface area (Å²) in [5.41, 5.74) is 0.595. The van der Waals surface area contributed by atoms with Crippen LogP contribution in [0.4, 0.5) is 0 Å². The van der Waals surface area contributed by atoms with Crippen molar-refractivity contribution in [1.29, 1.82) is 0 Å². The molecule has 0 radical (unpaired) electrons. The lowest BCUT2D eigenvalue weighted by atomic mass is 10.1. The molecular weight excluding hydrogens is 461 g/mol. The summed E-state index contributed by atoms with van der Waals surface area (Å²) in [6.07, 6.45) is 4.33. The van der Waals surface area contributed by atoms with Crippen molar-refractivity contribution in [3.63, 3.8) is 0 Å². The largest absolute Gasteiger partial charge is 0.426 e. The van der Waals surface area contributed by atoms with E-state index in [1.54, 1.807) is 29.2 Å². The van der Waals surface area contributed by atoms with Gasteiger partial charge in [0.25, 0.3) is 5.91 Å². The van der Waals surface area contributed by atoms with Crippen molar-refractivity contribution in [3.8, 4) is 5.75 Å². The van der Waals surface area contributed by atoms with Gasteiger partial charge in [0.05, 0.1) is 10.8 Å². The molecule has 1 heterocycles. The first-order valence-corrected chi connectivity index (χ1v) is 11.7. The van der Waals surface area contributed by atoms with Crippen LogP contribution in [-0.4, -0.2) is 27.1 Å². The number of thiocarbonyl (C=S) groups is 1. The molecule has 30 heavy (non-hydrogen) atoms. The van der Waals surface area contributed by atoms with Gasteiger partial charge in [0.2, 0.25) is 0 Å². The number of allylic oxidation sites excluding steroid dienone is 1. The fourth-order valence-electron chi connectivity index (χ4n) is 3.58. The third-order valence-corrected chi connectivity index (χ3v) is 7.30. The summed E-state index contributed by atoms with van der Waals surface area (Å²) >= 11 is 18.2. The van der Waals surface area contributed by atoms with Crippen LogP contribution in [0.3, 0.4) is 0 Å². The Hall–Kier alpha value is -1.34. The number of rotatable bonds is 6. The van der Waals surface area contributed by atoms with Crippen molar-refractivity contribution in [1.82, 2.24) is 4.90 Å². The Bertz CT molecular complexity index is 936. The lowest BCUT2D eigenvalue weighted by Gasteiger charge is -2.21. The van der Waals surface area contributed by atoms with Crippen LogP contribution in [0.1, 0.15) is 39.7 Å². The second kappa shape index (κ2) is 9.03. The normalized spacial score (nSPS) is 24.7. The molecule has 8 heteroatoms. The van der Waals surface area contributed by atoms with Crippen LogP contribution in [0.25, 0.3) is 6.08 Å². The molecule has 1 aromatic rings. The number of carbonyl (C=O) groups is 2. The number of hydrogen-bond donors (Lipinski definition) is 0. The molecule has 1 aromatic carbocycles. The Labute approximate surface area is 196 Å². The van der Waals surface area contributed by atoms with E-state index >= 15 is 0 Å². The van der Waals surface area contributed by atoms with E-state index < -0.39 is 0 Å². The topological polar surface area (TPSA) is 46.6 Å². The van der Waals surface area contributed by atoms with Gasteiger partial charge >= 0.3 is 5.97 Å². The summed E-state index contributed by atoms with van der Waals surface area (Å²) in [5, 5.41) is 0. The van der Waals surface area contributed by atoms with Crippen LogP contribution in [0, 0.1) is 17.3 Å². The third kappa shape index (κ3) is 4.77. The number of benzene rings is 1. The monoisotopic (exact) mass is 483 g/mol. The minimum Gasteiger partial charge on any atom is -0.426 e. The summed E-state index contributed by atoms with van der Waals surface area (Å²) < 4.78 is 6.28. The zero-order valence-corrected chi connectivity index (χ0v) is 20.3. The van der Waals surface area contributed by atoms with Crippen LogP contribution in [0.15, 0.2) is 39.7 Å². The van der Waals surface area contributed by atoms with E-state index in [1.165, 1.54) is 11.8 Å². The van der Waals surface area contributed by atoms with Crippen molar-refractivity contribution in [2.24, 2.45) is 17.3 Å². The number of nitrogens with zero attached hydrogens (tertiary/aromatic N) is 1. The first-order valence-electron chi connectivity index (χ1n) is 9.68. The van der Waals surface area contributed by atoms with Crippen LogP contribution >= 0.6 is 47.2 Å². The van der Waals surface area contributed by atoms with E-state index in [2.05, 4.69) is 0 Å². The van der Waals surface area contributed by atoms with Crippen LogP contribution in [0.2, 0.25) is 0 Å². The van der Waals surface area contributed by atoms with Crippen molar-refractivity contribution >= 4 is 69.5 Å². The molecule has 1 saturated heterocycles. The summed E-state index contributed by atoms with van der Waals surface area (Å²) in [7, 11) is 0. The van der Waals surface area contributed by atoms with Gasteiger partial charge in [0, 0.05) is 6.04 Å². The second-order valence-corrected chi connectivity index (χ2v) is 10.8. The maximum Gasteiger partial charge on any atom is 0.315 e. The molecule has 0 aromatic heterocycles. The van der Waals surface area contributed by atoms with Gasteiger partial charge in [-0.1, -0.05) is 80.1 Å². The molecule has 0 spiro atoms. The minimum absolute atomic E-state index is 0.0401. The summed E-state index contributed by atoms with van der Waals surface area (Å²) in [4.78, 5) is 27.4. The van der Waals surface area contributed by atoms with Gasteiger partial charge in [-0.25, -0.2) is 0 Å². The maximum atomic E-state index is 12.6. The fourth-order valence-corrected chi connectivity index (χ4v) is 5.31. The Morgan fingerprint density at radius 2 is 1.97 bits per heavy atom. The minimum atomic E-state index is -0.307. The van der Waals surface area contributed by atoms with Gasteiger partial charge in [-0.2, -0.15) is 0 Å². The number of amides is 1. The van der Waals surface area contributed by atoms with Gasteiger partial charge < -0.3 is 4.74 Å². The highest BCUT2D eigenvalue weighted by Crippen LogP contribution is 2.60. The Morgan fingerprint density at radius 1 is 1.33 bits per heavy atom. The second-order valence-electron chi connectivity index (χ2n) is 8.08. The predicted octanol–water partition coefficient (Wildman–Crippen LogP) is 6.18. The Balaban J connectivity index is 1.67. The molecule has 1 aliphatic carbocycles. The molecule has 0 N–H and O–H groups in total. The number of carbonyl (C=O) groups excluding carboxylic acids is 2. The van der Waals surface area contributed by atoms with E-state index in [0.29, 0.717) is 15.0 Å². The highest BCUT2D eigenvalue weighted by Gasteiger charge is 2.61. The third-order valence-electron chi connectivity index (χ3n) is 5.72. The molecule has 2 aliphatic rings. The molecule has 2 fully saturated rings. The Kier molecular flexibility index (Phi) is 7.02. The zero-order valence-electron chi connectivity index (χ0n) is 17.1. The highest BCUT2D eigenvalue weighted by atomic mass is 35.5.